The summed E-state index contributed by atoms with van der Waals surface area (Å²) in [6.45, 7) is 4.13. The zero-order valence-electron chi connectivity index (χ0n) is 15.3. The fraction of sp³-hybridized carbons (Fsp3) is 0.389. The van der Waals surface area contributed by atoms with Gasteiger partial charge in [-0.1, -0.05) is 12.1 Å². The molecule has 2 heterocycles. The van der Waals surface area contributed by atoms with Gasteiger partial charge in [0.2, 0.25) is 5.91 Å². The number of nitrogens with one attached hydrogen (secondary N) is 1. The van der Waals surface area contributed by atoms with Crippen LogP contribution in [0.15, 0.2) is 39.8 Å². The minimum absolute atomic E-state index is 0.104. The maximum Gasteiger partial charge on any atom is 0.409 e. The van der Waals surface area contributed by atoms with E-state index in [1.54, 1.807) is 11.1 Å². The number of amides is 2. The van der Waals surface area contributed by atoms with Crippen LogP contribution in [0.5, 0.6) is 0 Å². The molecule has 9 heteroatoms. The molecule has 0 radical (unpaired) electrons. The highest BCUT2D eigenvalue weighted by Crippen LogP contribution is 2.22. The van der Waals surface area contributed by atoms with Crippen LogP contribution in [0.1, 0.15) is 6.92 Å². The first-order valence-corrected chi connectivity index (χ1v) is 8.61. The molecule has 1 aliphatic heterocycles. The van der Waals surface area contributed by atoms with Gasteiger partial charge < -0.3 is 24.4 Å². The van der Waals surface area contributed by atoms with Crippen molar-refractivity contribution in [2.75, 3.05) is 38.2 Å². The van der Waals surface area contributed by atoms with Crippen LogP contribution in [-0.4, -0.2) is 54.9 Å². The lowest BCUT2D eigenvalue weighted by atomic mass is 10.1. The van der Waals surface area contributed by atoms with Gasteiger partial charge in [-0.05, 0) is 17.7 Å². The standard InChI is InChI=1S/C18H22N4O5/c1-13(23)19-12-22-11-16(17(24)27-22)14-3-5-15(6-4-14)20-7-9-21(10-8-20)18(25)26-2/h3-6,11H,7-10,12H2,1-2H3,(H,19,23). The quantitative estimate of drug-likeness (QED) is 0.861. The van der Waals surface area contributed by atoms with E-state index in [0.29, 0.717) is 31.7 Å². The van der Waals surface area contributed by atoms with Crippen LogP contribution in [0.25, 0.3) is 11.1 Å². The molecule has 1 aromatic carbocycles. The predicted octanol–water partition coefficient (Wildman–Crippen LogP) is 1.09. The second kappa shape index (κ2) is 7.98. The van der Waals surface area contributed by atoms with E-state index < -0.39 is 5.63 Å². The Morgan fingerprint density at radius 3 is 2.41 bits per heavy atom. The van der Waals surface area contributed by atoms with Gasteiger partial charge in [0.25, 0.3) is 0 Å². The number of nitrogens with zero attached hydrogens (tertiary/aromatic N) is 3. The second-order valence-electron chi connectivity index (χ2n) is 6.22. The predicted molar refractivity (Wildman–Crippen MR) is 98.4 cm³/mol. The summed E-state index contributed by atoms with van der Waals surface area (Å²) in [5, 5.41) is 2.57. The van der Waals surface area contributed by atoms with Crippen LogP contribution < -0.4 is 15.8 Å². The van der Waals surface area contributed by atoms with Crippen molar-refractivity contribution in [1.29, 1.82) is 0 Å². The number of hydrogen-bond donors (Lipinski definition) is 1. The lowest BCUT2D eigenvalue weighted by Crippen LogP contribution is -2.48. The first-order valence-electron chi connectivity index (χ1n) is 8.61. The first-order chi connectivity index (χ1) is 13.0. The van der Waals surface area contributed by atoms with Crippen molar-refractivity contribution < 1.29 is 18.8 Å². The minimum atomic E-state index is -0.459. The number of anilines is 1. The molecule has 1 N–H and O–H groups in total. The van der Waals surface area contributed by atoms with E-state index in [9.17, 15) is 14.4 Å². The molecule has 0 unspecified atom stereocenters. The molecule has 3 rings (SSSR count). The topological polar surface area (TPSA) is 97.0 Å². The average Bonchev–Trinajstić information content (AvgIpc) is 3.06. The van der Waals surface area contributed by atoms with Crippen LogP contribution >= 0.6 is 0 Å². The molecule has 0 aliphatic carbocycles. The normalized spacial score (nSPS) is 14.1. The molecule has 0 atom stereocenters. The number of aromatic nitrogens is 1. The monoisotopic (exact) mass is 374 g/mol. The molecule has 2 aromatic rings. The van der Waals surface area contributed by atoms with Gasteiger partial charge >= 0.3 is 11.7 Å². The Bertz CT molecular complexity index is 863. The lowest BCUT2D eigenvalue weighted by Gasteiger charge is -2.35. The molecule has 2 amide bonds. The van der Waals surface area contributed by atoms with Crippen molar-refractivity contribution in [1.82, 2.24) is 15.0 Å². The van der Waals surface area contributed by atoms with Gasteiger partial charge in [0, 0.05) is 38.8 Å². The molecule has 0 bridgehead atoms. The highest BCUT2D eigenvalue weighted by atomic mass is 16.5. The summed E-state index contributed by atoms with van der Waals surface area (Å²) in [4.78, 5) is 38.4. The molecule has 0 spiro atoms. The molecular formula is C18H22N4O5. The van der Waals surface area contributed by atoms with Crippen molar-refractivity contribution in [3.8, 4) is 11.1 Å². The van der Waals surface area contributed by atoms with E-state index in [2.05, 4.69) is 10.2 Å². The summed E-state index contributed by atoms with van der Waals surface area (Å²) in [6.07, 6.45) is 1.27. The Morgan fingerprint density at radius 2 is 1.81 bits per heavy atom. The van der Waals surface area contributed by atoms with E-state index in [-0.39, 0.29) is 18.7 Å². The molecule has 1 saturated heterocycles. The second-order valence-corrected chi connectivity index (χ2v) is 6.22. The Kier molecular flexibility index (Phi) is 5.49. The maximum atomic E-state index is 12.0. The van der Waals surface area contributed by atoms with Crippen molar-refractivity contribution in [2.24, 2.45) is 0 Å². The number of methoxy groups -OCH3 is 1. The Labute approximate surface area is 156 Å². The SMILES string of the molecule is COC(=O)N1CCN(c2ccc(-c3cn(CNC(C)=O)oc3=O)cc2)CC1. The van der Waals surface area contributed by atoms with Crippen LogP contribution in [0, 0.1) is 0 Å². The highest BCUT2D eigenvalue weighted by molar-refractivity contribution is 5.72. The lowest BCUT2D eigenvalue weighted by molar-refractivity contribution is -0.119. The minimum Gasteiger partial charge on any atom is -0.453 e. The molecule has 27 heavy (non-hydrogen) atoms. The van der Waals surface area contributed by atoms with E-state index >= 15 is 0 Å². The van der Waals surface area contributed by atoms with E-state index in [1.807, 2.05) is 24.3 Å². The van der Waals surface area contributed by atoms with Gasteiger partial charge in [-0.2, -0.15) is 4.74 Å². The third-order valence-electron chi connectivity index (χ3n) is 4.43. The number of rotatable bonds is 4. The number of piperazine rings is 1. The van der Waals surface area contributed by atoms with Crippen molar-refractivity contribution >= 4 is 17.7 Å². The summed E-state index contributed by atoms with van der Waals surface area (Å²) in [6, 6.07) is 7.59. The molecule has 1 fully saturated rings. The molecule has 0 saturated carbocycles. The average molecular weight is 374 g/mol. The largest absolute Gasteiger partial charge is 0.453 e. The highest BCUT2D eigenvalue weighted by Gasteiger charge is 2.21. The van der Waals surface area contributed by atoms with Crippen molar-refractivity contribution in [3.63, 3.8) is 0 Å². The van der Waals surface area contributed by atoms with Crippen LogP contribution in [0.3, 0.4) is 0 Å². The smallest absolute Gasteiger partial charge is 0.409 e. The van der Waals surface area contributed by atoms with E-state index in [4.69, 9.17) is 9.26 Å². The van der Waals surface area contributed by atoms with Crippen molar-refractivity contribution in [3.05, 3.63) is 40.9 Å². The van der Waals surface area contributed by atoms with E-state index in [0.717, 1.165) is 11.3 Å². The molecule has 1 aromatic heterocycles. The maximum absolute atomic E-state index is 12.0. The van der Waals surface area contributed by atoms with Crippen LogP contribution in [-0.2, 0) is 16.2 Å². The number of hydrogen-bond acceptors (Lipinski definition) is 6. The number of benzene rings is 1. The van der Waals surface area contributed by atoms with Gasteiger partial charge in [0.1, 0.15) is 6.67 Å². The Morgan fingerprint density at radius 1 is 1.15 bits per heavy atom. The van der Waals surface area contributed by atoms with Gasteiger partial charge in [-0.25, -0.2) is 9.59 Å². The Balaban J connectivity index is 1.67. The molecule has 144 valence electrons. The van der Waals surface area contributed by atoms with Crippen LogP contribution in [0.2, 0.25) is 0 Å². The number of carbonyl (C=O) groups excluding carboxylic acids is 2. The summed E-state index contributed by atoms with van der Waals surface area (Å²) in [7, 11) is 1.38. The zero-order valence-corrected chi connectivity index (χ0v) is 15.3. The van der Waals surface area contributed by atoms with Gasteiger partial charge in [0.05, 0.1) is 18.9 Å². The third-order valence-corrected chi connectivity index (χ3v) is 4.43. The van der Waals surface area contributed by atoms with Crippen LogP contribution in [0.4, 0.5) is 10.5 Å². The van der Waals surface area contributed by atoms with E-state index in [1.165, 1.54) is 18.8 Å². The first kappa shape index (κ1) is 18.6. The third kappa shape index (κ3) is 4.30. The summed E-state index contributed by atoms with van der Waals surface area (Å²) >= 11 is 0. The fourth-order valence-electron chi connectivity index (χ4n) is 2.97. The van der Waals surface area contributed by atoms with Gasteiger partial charge in [-0.15, -0.1) is 0 Å². The summed E-state index contributed by atoms with van der Waals surface area (Å²) < 4.78 is 11.1. The molecular weight excluding hydrogens is 352 g/mol. The Hall–Kier alpha value is -3.23. The van der Waals surface area contributed by atoms with Gasteiger partial charge in [0.15, 0.2) is 0 Å². The van der Waals surface area contributed by atoms with Crippen molar-refractivity contribution in [2.45, 2.75) is 13.6 Å². The summed E-state index contributed by atoms with van der Waals surface area (Å²) in [5.74, 6) is -0.204. The number of ether oxygens (including phenoxy) is 1. The fourth-order valence-corrected chi connectivity index (χ4v) is 2.97. The zero-order chi connectivity index (χ0) is 19.4. The molecule has 9 nitrogen and oxygen atoms in total. The van der Waals surface area contributed by atoms with Gasteiger partial charge in [-0.3, -0.25) is 4.79 Å². The molecule has 1 aliphatic rings. The number of carbonyl (C=O) groups is 2. The summed E-state index contributed by atoms with van der Waals surface area (Å²) in [5.41, 5.74) is 1.73.